The minimum Gasteiger partial charge on any atom is -0.330 e. The van der Waals surface area contributed by atoms with E-state index in [1.54, 1.807) is 6.07 Å². The Morgan fingerprint density at radius 2 is 2.17 bits per heavy atom. The van der Waals surface area contributed by atoms with Gasteiger partial charge in [0.2, 0.25) is 0 Å². The van der Waals surface area contributed by atoms with Crippen LogP contribution in [0.15, 0.2) is 18.2 Å². The highest BCUT2D eigenvalue weighted by atomic mass is 127. The molecule has 0 heterocycles. The summed E-state index contributed by atoms with van der Waals surface area (Å²) in [5, 5.41) is 0. The Hall–Kier alpha value is -0.160. The minimum atomic E-state index is -0.121. The molecule has 0 saturated carbocycles. The molecule has 66 valence electrons. The highest BCUT2D eigenvalue weighted by Gasteiger charge is 2.01. The second kappa shape index (κ2) is 4.77. The molecule has 0 saturated heterocycles. The van der Waals surface area contributed by atoms with Gasteiger partial charge in [-0.05, 0) is 65.7 Å². The summed E-state index contributed by atoms with van der Waals surface area (Å²) in [4.78, 5) is 0. The van der Waals surface area contributed by atoms with Crippen LogP contribution in [-0.4, -0.2) is 6.54 Å². The smallest absolute Gasteiger partial charge is 0.126 e. The van der Waals surface area contributed by atoms with E-state index in [9.17, 15) is 4.39 Å². The Morgan fingerprint density at radius 3 is 2.83 bits per heavy atom. The number of hydrogen-bond donors (Lipinski definition) is 1. The van der Waals surface area contributed by atoms with Crippen molar-refractivity contribution in [3.8, 4) is 0 Å². The summed E-state index contributed by atoms with van der Waals surface area (Å²) >= 11 is 2.18. The molecule has 0 bridgehead atoms. The standard InChI is InChI=1S/C9H11FIN/c10-9-4-3-8(11)6-7(9)2-1-5-12/h3-4,6H,1-2,5,12H2. The number of nitrogens with two attached hydrogens (primary N) is 1. The molecule has 1 aromatic rings. The van der Waals surface area contributed by atoms with E-state index in [0.29, 0.717) is 6.54 Å². The predicted molar refractivity (Wildman–Crippen MR) is 56.5 cm³/mol. The third-order valence-electron chi connectivity index (χ3n) is 1.66. The van der Waals surface area contributed by atoms with Crippen LogP contribution in [0.5, 0.6) is 0 Å². The molecular weight excluding hydrogens is 268 g/mol. The summed E-state index contributed by atoms with van der Waals surface area (Å²) < 4.78 is 14.1. The zero-order valence-electron chi connectivity index (χ0n) is 6.69. The molecule has 0 spiro atoms. The van der Waals surface area contributed by atoms with Gasteiger partial charge in [-0.1, -0.05) is 0 Å². The molecule has 0 aromatic heterocycles. The van der Waals surface area contributed by atoms with Crippen LogP contribution in [0.1, 0.15) is 12.0 Å². The van der Waals surface area contributed by atoms with Crippen LogP contribution in [0.4, 0.5) is 4.39 Å². The van der Waals surface area contributed by atoms with Crippen LogP contribution in [0.25, 0.3) is 0 Å². The fourth-order valence-electron chi connectivity index (χ4n) is 1.03. The Kier molecular flexibility index (Phi) is 3.94. The first-order valence-corrected chi connectivity index (χ1v) is 4.96. The number of rotatable bonds is 3. The molecule has 12 heavy (non-hydrogen) atoms. The monoisotopic (exact) mass is 279 g/mol. The maximum Gasteiger partial charge on any atom is 0.126 e. The quantitative estimate of drug-likeness (QED) is 0.844. The van der Waals surface area contributed by atoms with Crippen molar-refractivity contribution in [1.82, 2.24) is 0 Å². The summed E-state index contributed by atoms with van der Waals surface area (Å²) in [6, 6.07) is 5.14. The van der Waals surface area contributed by atoms with Crippen molar-refractivity contribution in [2.24, 2.45) is 5.73 Å². The first-order valence-electron chi connectivity index (χ1n) is 3.88. The van der Waals surface area contributed by atoms with Crippen LogP contribution in [-0.2, 0) is 6.42 Å². The molecule has 0 aliphatic heterocycles. The van der Waals surface area contributed by atoms with Gasteiger partial charge in [-0.2, -0.15) is 0 Å². The Labute approximate surface area is 85.3 Å². The lowest BCUT2D eigenvalue weighted by Crippen LogP contribution is -2.01. The van der Waals surface area contributed by atoms with Gasteiger partial charge < -0.3 is 5.73 Å². The topological polar surface area (TPSA) is 26.0 Å². The van der Waals surface area contributed by atoms with Gasteiger partial charge in [-0.25, -0.2) is 4.39 Å². The number of benzene rings is 1. The van der Waals surface area contributed by atoms with Crippen LogP contribution in [0.2, 0.25) is 0 Å². The fourth-order valence-corrected chi connectivity index (χ4v) is 1.58. The molecule has 0 radical (unpaired) electrons. The van der Waals surface area contributed by atoms with E-state index >= 15 is 0 Å². The first kappa shape index (κ1) is 9.92. The van der Waals surface area contributed by atoms with Crippen LogP contribution >= 0.6 is 22.6 Å². The SMILES string of the molecule is NCCCc1cc(I)ccc1F. The number of hydrogen-bond acceptors (Lipinski definition) is 1. The Morgan fingerprint density at radius 1 is 1.42 bits per heavy atom. The van der Waals surface area contributed by atoms with E-state index in [0.717, 1.165) is 22.0 Å². The van der Waals surface area contributed by atoms with Gasteiger partial charge >= 0.3 is 0 Å². The van der Waals surface area contributed by atoms with Crippen molar-refractivity contribution < 1.29 is 4.39 Å². The average Bonchev–Trinajstić information content (AvgIpc) is 2.07. The van der Waals surface area contributed by atoms with Gasteiger partial charge in [-0.15, -0.1) is 0 Å². The van der Waals surface area contributed by atoms with Crippen molar-refractivity contribution in [3.05, 3.63) is 33.1 Å². The van der Waals surface area contributed by atoms with Crippen LogP contribution < -0.4 is 5.73 Å². The summed E-state index contributed by atoms with van der Waals surface area (Å²) in [5.74, 6) is -0.121. The molecule has 0 unspecified atom stereocenters. The van der Waals surface area contributed by atoms with Crippen molar-refractivity contribution in [1.29, 1.82) is 0 Å². The van der Waals surface area contributed by atoms with Gasteiger partial charge in [-0.3, -0.25) is 0 Å². The lowest BCUT2D eigenvalue weighted by atomic mass is 10.1. The molecule has 0 atom stereocenters. The normalized spacial score (nSPS) is 10.2. The van der Waals surface area contributed by atoms with Gasteiger partial charge in [0.05, 0.1) is 0 Å². The highest BCUT2D eigenvalue weighted by molar-refractivity contribution is 14.1. The second-order valence-electron chi connectivity index (χ2n) is 2.63. The Balaban J connectivity index is 2.75. The summed E-state index contributed by atoms with van der Waals surface area (Å²) in [7, 11) is 0. The molecule has 0 aliphatic rings. The predicted octanol–water partition coefficient (Wildman–Crippen LogP) is 2.32. The molecule has 0 fully saturated rings. The highest BCUT2D eigenvalue weighted by Crippen LogP contribution is 2.13. The van der Waals surface area contributed by atoms with Crippen LogP contribution in [0, 0.1) is 9.39 Å². The maximum atomic E-state index is 13.0. The van der Waals surface area contributed by atoms with E-state index in [4.69, 9.17) is 5.73 Å². The molecule has 1 rings (SSSR count). The third kappa shape index (κ3) is 2.71. The lowest BCUT2D eigenvalue weighted by Gasteiger charge is -2.01. The average molecular weight is 279 g/mol. The summed E-state index contributed by atoms with van der Waals surface area (Å²) in [5.41, 5.74) is 6.11. The second-order valence-corrected chi connectivity index (χ2v) is 3.87. The third-order valence-corrected chi connectivity index (χ3v) is 2.33. The van der Waals surface area contributed by atoms with E-state index in [-0.39, 0.29) is 5.82 Å². The van der Waals surface area contributed by atoms with Crippen molar-refractivity contribution >= 4 is 22.6 Å². The number of aryl methyl sites for hydroxylation is 1. The first-order chi connectivity index (χ1) is 5.74. The van der Waals surface area contributed by atoms with E-state index in [1.165, 1.54) is 6.07 Å². The van der Waals surface area contributed by atoms with E-state index < -0.39 is 0 Å². The summed E-state index contributed by atoms with van der Waals surface area (Å²) in [6.45, 7) is 0.616. The fraction of sp³-hybridized carbons (Fsp3) is 0.333. The van der Waals surface area contributed by atoms with E-state index in [2.05, 4.69) is 22.6 Å². The molecule has 2 N–H and O–H groups in total. The van der Waals surface area contributed by atoms with Gasteiger partial charge in [0, 0.05) is 3.57 Å². The lowest BCUT2D eigenvalue weighted by molar-refractivity contribution is 0.605. The molecule has 1 nitrogen and oxygen atoms in total. The maximum absolute atomic E-state index is 13.0. The molecule has 0 amide bonds. The van der Waals surface area contributed by atoms with E-state index in [1.807, 2.05) is 6.07 Å². The van der Waals surface area contributed by atoms with Crippen molar-refractivity contribution in [2.75, 3.05) is 6.54 Å². The number of halogens is 2. The zero-order valence-corrected chi connectivity index (χ0v) is 8.84. The minimum absolute atomic E-state index is 0.121. The summed E-state index contributed by atoms with van der Waals surface area (Å²) in [6.07, 6.45) is 1.58. The molecular formula is C9H11FIN. The molecule has 0 aliphatic carbocycles. The van der Waals surface area contributed by atoms with Crippen LogP contribution in [0.3, 0.4) is 0 Å². The van der Waals surface area contributed by atoms with Crippen molar-refractivity contribution in [3.63, 3.8) is 0 Å². The van der Waals surface area contributed by atoms with Crippen molar-refractivity contribution in [2.45, 2.75) is 12.8 Å². The van der Waals surface area contributed by atoms with Gasteiger partial charge in [0.1, 0.15) is 5.82 Å². The van der Waals surface area contributed by atoms with Gasteiger partial charge in [0.15, 0.2) is 0 Å². The molecule has 1 aromatic carbocycles. The van der Waals surface area contributed by atoms with Gasteiger partial charge in [0.25, 0.3) is 0 Å². The largest absolute Gasteiger partial charge is 0.330 e. The molecule has 3 heteroatoms. The zero-order chi connectivity index (χ0) is 8.97. The Bertz CT molecular complexity index is 263.